The highest BCUT2D eigenvalue weighted by molar-refractivity contribution is 5.88. The van der Waals surface area contributed by atoms with Gasteiger partial charge in [-0.2, -0.15) is 10.2 Å². The first-order valence-electron chi connectivity index (χ1n) is 6.76. The molecule has 8 nitrogen and oxygen atoms in total. The molecular formula is C15H13N5O3. The van der Waals surface area contributed by atoms with Gasteiger partial charge in [-0.25, -0.2) is 0 Å². The second kappa shape index (κ2) is 6.14. The monoisotopic (exact) mass is 311 g/mol. The molecule has 0 aliphatic carbocycles. The van der Waals surface area contributed by atoms with Gasteiger partial charge < -0.3 is 4.42 Å². The summed E-state index contributed by atoms with van der Waals surface area (Å²) in [6.07, 6.45) is 3.34. The summed E-state index contributed by atoms with van der Waals surface area (Å²) in [5.41, 5.74) is 4.91. The summed E-state index contributed by atoms with van der Waals surface area (Å²) in [6, 6.07) is 12.3. The minimum Gasteiger partial charge on any atom is -0.399 e. The molecule has 116 valence electrons. The first kappa shape index (κ1) is 14.5. The highest BCUT2D eigenvalue weighted by Crippen LogP contribution is 2.26. The lowest BCUT2D eigenvalue weighted by Gasteiger charge is -1.98. The maximum absolute atomic E-state index is 10.7. The molecule has 2 aromatic heterocycles. The lowest BCUT2D eigenvalue weighted by atomic mass is 10.2. The minimum absolute atomic E-state index is 0.318. The maximum Gasteiger partial charge on any atom is 0.433 e. The molecule has 0 fully saturated rings. The smallest absolute Gasteiger partial charge is 0.399 e. The summed E-state index contributed by atoms with van der Waals surface area (Å²) >= 11 is 0. The van der Waals surface area contributed by atoms with Crippen LogP contribution in [-0.2, 0) is 7.05 Å². The van der Waals surface area contributed by atoms with Crippen LogP contribution in [0.1, 0.15) is 5.56 Å². The molecule has 0 bridgehead atoms. The van der Waals surface area contributed by atoms with Gasteiger partial charge in [-0.15, -0.1) is 0 Å². The van der Waals surface area contributed by atoms with E-state index in [2.05, 4.69) is 15.6 Å². The van der Waals surface area contributed by atoms with Crippen molar-refractivity contribution in [3.63, 3.8) is 0 Å². The summed E-state index contributed by atoms with van der Waals surface area (Å²) in [7, 11) is 1.75. The van der Waals surface area contributed by atoms with Crippen molar-refractivity contribution < 1.29 is 9.34 Å². The van der Waals surface area contributed by atoms with Gasteiger partial charge in [-0.05, 0) is 18.2 Å². The molecule has 8 heteroatoms. The molecule has 0 saturated carbocycles. The van der Waals surface area contributed by atoms with Crippen molar-refractivity contribution in [3.05, 3.63) is 64.3 Å². The number of hydrogen-bond acceptors (Lipinski definition) is 6. The van der Waals surface area contributed by atoms with Crippen LogP contribution in [0.2, 0.25) is 0 Å². The highest BCUT2D eigenvalue weighted by atomic mass is 16.6. The molecule has 0 saturated heterocycles. The van der Waals surface area contributed by atoms with Crippen LogP contribution >= 0.6 is 0 Å². The molecule has 1 N–H and O–H groups in total. The molecule has 0 aliphatic heterocycles. The lowest BCUT2D eigenvalue weighted by molar-refractivity contribution is -0.401. The van der Waals surface area contributed by atoms with Gasteiger partial charge in [0.15, 0.2) is 5.76 Å². The average Bonchev–Trinajstić information content (AvgIpc) is 3.15. The predicted molar refractivity (Wildman–Crippen MR) is 85.2 cm³/mol. The number of nitrogens with one attached hydrogen (secondary N) is 1. The van der Waals surface area contributed by atoms with Crippen molar-refractivity contribution in [2.24, 2.45) is 12.1 Å². The molecule has 2 heterocycles. The second-order valence-electron chi connectivity index (χ2n) is 4.74. The lowest BCUT2D eigenvalue weighted by Crippen LogP contribution is -1.90. The Morgan fingerprint density at radius 1 is 1.30 bits per heavy atom. The standard InChI is InChI=1S/C15H13N5O3/c1-19-10-11(9-16-17-12-5-3-2-4-6-12)15(18-19)13-7-8-14(23-13)20(21)22/h2-10,17H,1H3/b16-9+. The Morgan fingerprint density at radius 3 is 2.78 bits per heavy atom. The van der Waals surface area contributed by atoms with Gasteiger partial charge in [0.2, 0.25) is 0 Å². The molecular weight excluding hydrogens is 298 g/mol. The second-order valence-corrected chi connectivity index (χ2v) is 4.74. The van der Waals surface area contributed by atoms with E-state index in [1.165, 1.54) is 12.1 Å². The quantitative estimate of drug-likeness (QED) is 0.443. The molecule has 0 spiro atoms. The number of furan rings is 1. The number of nitrogens with zero attached hydrogens (tertiary/aromatic N) is 4. The van der Waals surface area contributed by atoms with Crippen LogP contribution in [0.3, 0.4) is 0 Å². The van der Waals surface area contributed by atoms with Crippen molar-refractivity contribution >= 4 is 17.8 Å². The fourth-order valence-corrected chi connectivity index (χ4v) is 2.03. The molecule has 1 aromatic carbocycles. The van der Waals surface area contributed by atoms with Crippen LogP contribution in [0, 0.1) is 10.1 Å². The fraction of sp³-hybridized carbons (Fsp3) is 0.0667. The number of hydrazone groups is 1. The molecule has 0 unspecified atom stereocenters. The number of nitro groups is 1. The summed E-state index contributed by atoms with van der Waals surface area (Å²) in [5.74, 6) is -0.00517. The summed E-state index contributed by atoms with van der Waals surface area (Å²) in [6.45, 7) is 0. The van der Waals surface area contributed by atoms with Crippen LogP contribution in [0.4, 0.5) is 11.6 Å². The van der Waals surface area contributed by atoms with E-state index in [0.29, 0.717) is 17.0 Å². The van der Waals surface area contributed by atoms with E-state index in [9.17, 15) is 10.1 Å². The van der Waals surface area contributed by atoms with Crippen molar-refractivity contribution in [1.29, 1.82) is 0 Å². The number of rotatable bonds is 5. The van der Waals surface area contributed by atoms with Crippen molar-refractivity contribution in [3.8, 4) is 11.5 Å². The van der Waals surface area contributed by atoms with Gasteiger partial charge in [0.1, 0.15) is 10.6 Å². The van der Waals surface area contributed by atoms with Crippen molar-refractivity contribution in [2.75, 3.05) is 5.43 Å². The zero-order valence-corrected chi connectivity index (χ0v) is 12.2. The van der Waals surface area contributed by atoms with E-state index in [4.69, 9.17) is 4.42 Å². The normalized spacial score (nSPS) is 11.0. The number of aryl methyl sites for hydroxylation is 1. The van der Waals surface area contributed by atoms with Gasteiger partial charge in [-0.1, -0.05) is 18.2 Å². The van der Waals surface area contributed by atoms with E-state index >= 15 is 0 Å². The van der Waals surface area contributed by atoms with E-state index in [0.717, 1.165) is 5.69 Å². The SMILES string of the molecule is Cn1cc(/C=N/Nc2ccccc2)c(-c2ccc([N+](=O)[O-])o2)n1. The molecule has 23 heavy (non-hydrogen) atoms. The first-order chi connectivity index (χ1) is 11.1. The highest BCUT2D eigenvalue weighted by Gasteiger charge is 2.17. The van der Waals surface area contributed by atoms with E-state index < -0.39 is 4.92 Å². The fourth-order valence-electron chi connectivity index (χ4n) is 2.03. The summed E-state index contributed by atoms with van der Waals surface area (Å²) in [5, 5.41) is 19.1. The topological polar surface area (TPSA) is 98.5 Å². The van der Waals surface area contributed by atoms with Gasteiger partial charge in [0.25, 0.3) is 0 Å². The Balaban J connectivity index is 1.84. The van der Waals surface area contributed by atoms with Crippen molar-refractivity contribution in [2.45, 2.75) is 0 Å². The maximum atomic E-state index is 10.7. The van der Waals surface area contributed by atoms with Crippen LogP contribution in [0.15, 0.2) is 58.2 Å². The third kappa shape index (κ3) is 3.26. The number of hydrogen-bond donors (Lipinski definition) is 1. The van der Waals surface area contributed by atoms with Gasteiger partial charge in [0.05, 0.1) is 18.0 Å². The number of para-hydroxylation sites is 1. The first-order valence-corrected chi connectivity index (χ1v) is 6.76. The number of benzene rings is 1. The number of aromatic nitrogens is 2. The molecule has 3 aromatic rings. The Bertz CT molecular complexity index is 851. The Kier molecular flexibility index (Phi) is 3.88. The largest absolute Gasteiger partial charge is 0.433 e. The molecule has 0 radical (unpaired) electrons. The Hall–Kier alpha value is -3.42. The summed E-state index contributed by atoms with van der Waals surface area (Å²) < 4.78 is 6.78. The summed E-state index contributed by atoms with van der Waals surface area (Å²) in [4.78, 5) is 10.1. The molecule has 3 rings (SSSR count). The minimum atomic E-state index is -0.586. The van der Waals surface area contributed by atoms with Crippen LogP contribution < -0.4 is 5.43 Å². The average molecular weight is 311 g/mol. The third-order valence-corrected chi connectivity index (χ3v) is 3.03. The van der Waals surface area contributed by atoms with Crippen molar-refractivity contribution in [1.82, 2.24) is 9.78 Å². The zero-order chi connectivity index (χ0) is 16.2. The van der Waals surface area contributed by atoms with E-state index in [1.54, 1.807) is 24.1 Å². The van der Waals surface area contributed by atoms with Crippen LogP contribution in [0.25, 0.3) is 11.5 Å². The predicted octanol–water partition coefficient (Wildman–Crippen LogP) is 3.03. The van der Waals surface area contributed by atoms with Crippen LogP contribution in [-0.4, -0.2) is 20.9 Å². The zero-order valence-electron chi connectivity index (χ0n) is 12.2. The molecule has 0 atom stereocenters. The van der Waals surface area contributed by atoms with Gasteiger partial charge in [-0.3, -0.25) is 20.2 Å². The Morgan fingerprint density at radius 2 is 2.09 bits per heavy atom. The molecule has 0 amide bonds. The van der Waals surface area contributed by atoms with E-state index in [1.807, 2.05) is 30.3 Å². The van der Waals surface area contributed by atoms with Crippen LogP contribution in [0.5, 0.6) is 0 Å². The van der Waals surface area contributed by atoms with Gasteiger partial charge in [0, 0.05) is 18.8 Å². The number of anilines is 1. The Labute approximate surface area is 131 Å². The molecule has 0 aliphatic rings. The van der Waals surface area contributed by atoms with E-state index in [-0.39, 0.29) is 5.88 Å². The van der Waals surface area contributed by atoms with Gasteiger partial charge >= 0.3 is 5.88 Å². The third-order valence-electron chi connectivity index (χ3n) is 3.03.